The van der Waals surface area contributed by atoms with Crippen LogP contribution in [0.15, 0.2) is 0 Å². The lowest BCUT2D eigenvalue weighted by molar-refractivity contribution is 0.330. The highest BCUT2D eigenvalue weighted by Gasteiger charge is 2.50. The summed E-state index contributed by atoms with van der Waals surface area (Å²) in [5.41, 5.74) is 3.45. The molecule has 3 N–H and O–H groups in total. The van der Waals surface area contributed by atoms with Gasteiger partial charge in [-0.05, 0) is 23.7 Å². The summed E-state index contributed by atoms with van der Waals surface area (Å²) in [7, 11) is 0. The topological polar surface area (TPSA) is 38.0 Å². The lowest BCUT2D eigenvalue weighted by Gasteiger charge is -2.21. The number of hydrogen-bond acceptors (Lipinski definition) is 2. The van der Waals surface area contributed by atoms with E-state index in [2.05, 4.69) is 33.1 Å². The van der Waals surface area contributed by atoms with E-state index in [0.717, 1.165) is 5.92 Å². The normalized spacial score (nSPS) is 30.5. The molecule has 0 bridgehead atoms. The van der Waals surface area contributed by atoms with Crippen LogP contribution in [-0.4, -0.2) is 6.04 Å². The molecule has 0 heterocycles. The van der Waals surface area contributed by atoms with Crippen LogP contribution in [-0.2, 0) is 0 Å². The summed E-state index contributed by atoms with van der Waals surface area (Å²) in [6.07, 6.45) is 1.32. The van der Waals surface area contributed by atoms with Gasteiger partial charge in [0, 0.05) is 6.04 Å². The summed E-state index contributed by atoms with van der Waals surface area (Å²) in [5, 5.41) is 0. The summed E-state index contributed by atoms with van der Waals surface area (Å²) in [6.45, 7) is 9.06. The molecule has 1 aliphatic rings. The van der Waals surface area contributed by atoms with Crippen molar-refractivity contribution in [2.45, 2.75) is 40.2 Å². The third kappa shape index (κ3) is 1.74. The molecule has 1 fully saturated rings. The molecule has 0 aromatic carbocycles. The van der Waals surface area contributed by atoms with Crippen molar-refractivity contribution in [2.75, 3.05) is 0 Å². The van der Waals surface area contributed by atoms with E-state index in [0.29, 0.717) is 17.4 Å². The highest BCUT2D eigenvalue weighted by atomic mass is 15.2. The Labute approximate surface area is 69.5 Å². The third-order valence-electron chi connectivity index (χ3n) is 2.93. The molecule has 0 saturated heterocycles. The number of hydrazine groups is 1. The van der Waals surface area contributed by atoms with Crippen molar-refractivity contribution >= 4 is 0 Å². The van der Waals surface area contributed by atoms with E-state index in [4.69, 9.17) is 5.84 Å². The molecule has 0 radical (unpaired) electrons. The van der Waals surface area contributed by atoms with Gasteiger partial charge in [0.15, 0.2) is 0 Å². The second-order valence-electron chi connectivity index (χ2n) is 4.74. The van der Waals surface area contributed by atoms with E-state index >= 15 is 0 Å². The second kappa shape index (κ2) is 2.76. The lowest BCUT2D eigenvalue weighted by Crippen LogP contribution is -2.41. The maximum atomic E-state index is 5.49. The van der Waals surface area contributed by atoms with E-state index in [1.807, 2.05) is 0 Å². The molecule has 11 heavy (non-hydrogen) atoms. The molecule has 0 spiro atoms. The van der Waals surface area contributed by atoms with Gasteiger partial charge in [0.2, 0.25) is 0 Å². The number of hydrogen-bond donors (Lipinski definition) is 2. The Morgan fingerprint density at radius 1 is 1.45 bits per heavy atom. The molecule has 2 heteroatoms. The summed E-state index contributed by atoms with van der Waals surface area (Å²) in [6, 6.07) is 0.505. The van der Waals surface area contributed by atoms with Crippen LogP contribution in [0, 0.1) is 17.3 Å². The monoisotopic (exact) mass is 156 g/mol. The van der Waals surface area contributed by atoms with Gasteiger partial charge in [-0.3, -0.25) is 11.3 Å². The Hall–Kier alpha value is -0.0800. The van der Waals surface area contributed by atoms with Gasteiger partial charge in [0.05, 0.1) is 0 Å². The van der Waals surface area contributed by atoms with Crippen LogP contribution in [0.25, 0.3) is 0 Å². The van der Waals surface area contributed by atoms with Crippen molar-refractivity contribution in [2.24, 2.45) is 23.1 Å². The van der Waals surface area contributed by atoms with Crippen molar-refractivity contribution in [1.29, 1.82) is 0 Å². The molecule has 1 saturated carbocycles. The highest BCUT2D eigenvalue weighted by Crippen LogP contribution is 2.54. The predicted molar refractivity (Wildman–Crippen MR) is 47.8 cm³/mol. The van der Waals surface area contributed by atoms with E-state index in [1.54, 1.807) is 0 Å². The van der Waals surface area contributed by atoms with Crippen molar-refractivity contribution < 1.29 is 0 Å². The predicted octanol–water partition coefficient (Wildman–Crippen LogP) is 1.52. The lowest BCUT2D eigenvalue weighted by atomic mass is 9.95. The van der Waals surface area contributed by atoms with Crippen LogP contribution in [0.4, 0.5) is 0 Å². The van der Waals surface area contributed by atoms with E-state index in [1.165, 1.54) is 6.42 Å². The minimum Gasteiger partial charge on any atom is -0.271 e. The van der Waals surface area contributed by atoms with Crippen LogP contribution in [0.5, 0.6) is 0 Å². The highest BCUT2D eigenvalue weighted by molar-refractivity contribution is 5.01. The largest absolute Gasteiger partial charge is 0.271 e. The van der Waals surface area contributed by atoms with Crippen molar-refractivity contribution in [3.63, 3.8) is 0 Å². The summed E-state index contributed by atoms with van der Waals surface area (Å²) in [5.74, 6) is 6.92. The van der Waals surface area contributed by atoms with Crippen molar-refractivity contribution in [3.8, 4) is 0 Å². The maximum Gasteiger partial charge on any atom is 0.0267 e. The van der Waals surface area contributed by atoms with Gasteiger partial charge in [0.25, 0.3) is 0 Å². The molecule has 66 valence electrons. The molecule has 0 aliphatic heterocycles. The first kappa shape index (κ1) is 9.01. The molecule has 0 aromatic heterocycles. The zero-order chi connectivity index (χ0) is 8.65. The first-order chi connectivity index (χ1) is 4.99. The minimum absolute atomic E-state index is 0.505. The van der Waals surface area contributed by atoms with Crippen molar-refractivity contribution in [1.82, 2.24) is 5.43 Å². The standard InChI is InChI=1S/C9H20N2/c1-6(2)8(11-10)7-5-9(7,3)4/h6-8,11H,5,10H2,1-4H3. The van der Waals surface area contributed by atoms with Gasteiger partial charge in [-0.15, -0.1) is 0 Å². The Balaban J connectivity index is 2.46. The summed E-state index contributed by atoms with van der Waals surface area (Å²) >= 11 is 0. The number of rotatable bonds is 3. The minimum atomic E-state index is 0.505. The van der Waals surface area contributed by atoms with Crippen LogP contribution in [0.2, 0.25) is 0 Å². The average molecular weight is 156 g/mol. The van der Waals surface area contributed by atoms with Crippen LogP contribution in [0.1, 0.15) is 34.1 Å². The van der Waals surface area contributed by atoms with Gasteiger partial charge < -0.3 is 0 Å². The first-order valence-electron chi connectivity index (χ1n) is 4.45. The van der Waals surface area contributed by atoms with E-state index in [9.17, 15) is 0 Å². The van der Waals surface area contributed by atoms with Gasteiger partial charge >= 0.3 is 0 Å². The number of nitrogens with two attached hydrogens (primary N) is 1. The van der Waals surface area contributed by atoms with Crippen LogP contribution in [0.3, 0.4) is 0 Å². The van der Waals surface area contributed by atoms with Gasteiger partial charge in [0.1, 0.15) is 0 Å². The first-order valence-corrected chi connectivity index (χ1v) is 4.45. The van der Waals surface area contributed by atoms with E-state index in [-0.39, 0.29) is 0 Å². The molecular weight excluding hydrogens is 136 g/mol. The Kier molecular flexibility index (Phi) is 2.26. The number of nitrogens with one attached hydrogen (secondary N) is 1. The van der Waals surface area contributed by atoms with Crippen molar-refractivity contribution in [3.05, 3.63) is 0 Å². The molecular formula is C9H20N2. The second-order valence-corrected chi connectivity index (χ2v) is 4.74. The summed E-state index contributed by atoms with van der Waals surface area (Å²) in [4.78, 5) is 0. The van der Waals surface area contributed by atoms with Crippen LogP contribution >= 0.6 is 0 Å². The fraction of sp³-hybridized carbons (Fsp3) is 1.00. The quantitative estimate of drug-likeness (QED) is 0.480. The third-order valence-corrected chi connectivity index (χ3v) is 2.93. The maximum absolute atomic E-state index is 5.49. The average Bonchev–Trinajstić information content (AvgIpc) is 2.41. The van der Waals surface area contributed by atoms with E-state index < -0.39 is 0 Å². The van der Waals surface area contributed by atoms with Gasteiger partial charge in [-0.1, -0.05) is 27.7 Å². The summed E-state index contributed by atoms with van der Waals surface area (Å²) < 4.78 is 0. The zero-order valence-corrected chi connectivity index (χ0v) is 8.02. The molecule has 0 aromatic rings. The molecule has 0 amide bonds. The molecule has 2 nitrogen and oxygen atoms in total. The Morgan fingerprint density at radius 2 is 1.91 bits per heavy atom. The fourth-order valence-electron chi connectivity index (χ4n) is 1.89. The Bertz CT molecular complexity index is 140. The fourth-order valence-corrected chi connectivity index (χ4v) is 1.89. The molecule has 1 rings (SSSR count). The SMILES string of the molecule is CC(C)C(NN)C1CC1(C)C. The smallest absolute Gasteiger partial charge is 0.0267 e. The van der Waals surface area contributed by atoms with Crippen LogP contribution < -0.4 is 11.3 Å². The van der Waals surface area contributed by atoms with Gasteiger partial charge in [-0.2, -0.15) is 0 Å². The molecule has 1 aliphatic carbocycles. The molecule has 2 unspecified atom stereocenters. The molecule has 2 atom stereocenters. The zero-order valence-electron chi connectivity index (χ0n) is 8.02. The van der Waals surface area contributed by atoms with Gasteiger partial charge in [-0.25, -0.2) is 0 Å². The Morgan fingerprint density at radius 3 is 2.00 bits per heavy atom.